The van der Waals surface area contributed by atoms with Gasteiger partial charge in [0, 0.05) is 37.7 Å². The first-order valence-electron chi connectivity index (χ1n) is 8.63. The summed E-state index contributed by atoms with van der Waals surface area (Å²) in [6, 6.07) is 8.19. The molecule has 0 radical (unpaired) electrons. The zero-order valence-electron chi connectivity index (χ0n) is 15.5. The van der Waals surface area contributed by atoms with Gasteiger partial charge in [-0.15, -0.1) is 0 Å². The molecule has 3 N–H and O–H groups in total. The summed E-state index contributed by atoms with van der Waals surface area (Å²) in [7, 11) is 1.93. The van der Waals surface area contributed by atoms with Crippen LogP contribution in [-0.4, -0.2) is 38.7 Å². The van der Waals surface area contributed by atoms with E-state index in [-0.39, 0.29) is 5.95 Å². The van der Waals surface area contributed by atoms with Gasteiger partial charge in [-0.05, 0) is 25.0 Å². The Hall–Kier alpha value is -3.26. The average molecular weight is 363 g/mol. The van der Waals surface area contributed by atoms with Crippen LogP contribution in [0.15, 0.2) is 47.4 Å². The van der Waals surface area contributed by atoms with Gasteiger partial charge in [0.1, 0.15) is 0 Å². The first kappa shape index (κ1) is 17.2. The summed E-state index contributed by atoms with van der Waals surface area (Å²) in [6.45, 7) is 4.84. The van der Waals surface area contributed by atoms with E-state index in [9.17, 15) is 0 Å². The number of hydrazine groups is 1. The zero-order valence-corrected chi connectivity index (χ0v) is 15.5. The van der Waals surface area contributed by atoms with Crippen LogP contribution in [0.25, 0.3) is 16.7 Å². The van der Waals surface area contributed by atoms with Crippen LogP contribution in [-0.2, 0) is 5.41 Å². The molecule has 8 nitrogen and oxygen atoms in total. The van der Waals surface area contributed by atoms with Crippen molar-refractivity contribution in [3.05, 3.63) is 60.1 Å². The van der Waals surface area contributed by atoms with E-state index >= 15 is 0 Å². The SMILES string of the molecule is CN1C=C(c2nc(C(C)(C)c3ccc(-c4cnc(N)nc4)cc3)no2)CN1. The molecule has 1 aromatic carbocycles. The first-order chi connectivity index (χ1) is 12.9. The first-order valence-corrected chi connectivity index (χ1v) is 8.63. The predicted molar refractivity (Wildman–Crippen MR) is 102 cm³/mol. The molecule has 1 aliphatic rings. The normalized spacial score (nSPS) is 14.5. The van der Waals surface area contributed by atoms with Gasteiger partial charge in [-0.1, -0.05) is 29.4 Å². The van der Waals surface area contributed by atoms with E-state index in [1.54, 1.807) is 12.4 Å². The minimum absolute atomic E-state index is 0.267. The van der Waals surface area contributed by atoms with E-state index in [1.807, 2.05) is 30.4 Å². The lowest BCUT2D eigenvalue weighted by Gasteiger charge is -2.21. The molecule has 27 heavy (non-hydrogen) atoms. The summed E-state index contributed by atoms with van der Waals surface area (Å²) in [5.41, 5.74) is 12.3. The lowest BCUT2D eigenvalue weighted by atomic mass is 9.83. The lowest BCUT2D eigenvalue weighted by Crippen LogP contribution is -2.23. The van der Waals surface area contributed by atoms with Gasteiger partial charge in [-0.3, -0.25) is 0 Å². The van der Waals surface area contributed by atoms with Gasteiger partial charge in [0.05, 0.1) is 11.0 Å². The number of nitrogen functional groups attached to an aromatic ring is 1. The van der Waals surface area contributed by atoms with Crippen molar-refractivity contribution in [1.29, 1.82) is 0 Å². The Morgan fingerprint density at radius 2 is 1.81 bits per heavy atom. The molecule has 1 aliphatic heterocycles. The Morgan fingerprint density at radius 3 is 2.44 bits per heavy atom. The standard InChI is InChI=1S/C19H21N7O/c1-19(2,17-24-16(27-25-17)14-10-23-26(3)11-14)15-6-4-12(5-7-15)13-8-21-18(20)22-9-13/h4-9,11,23H,10H2,1-3H3,(H2,20,21,22). The number of nitrogens with zero attached hydrogens (tertiary/aromatic N) is 5. The molecule has 0 bridgehead atoms. The van der Waals surface area contributed by atoms with Crippen LogP contribution in [0.3, 0.4) is 0 Å². The fourth-order valence-electron chi connectivity index (χ4n) is 2.97. The van der Waals surface area contributed by atoms with Gasteiger partial charge in [-0.25, -0.2) is 15.4 Å². The van der Waals surface area contributed by atoms with E-state index in [0.29, 0.717) is 18.3 Å². The maximum absolute atomic E-state index is 5.55. The monoisotopic (exact) mass is 363 g/mol. The van der Waals surface area contributed by atoms with Crippen LogP contribution in [0.1, 0.15) is 31.1 Å². The molecule has 2 aromatic heterocycles. The number of rotatable bonds is 4. The van der Waals surface area contributed by atoms with Gasteiger partial charge in [0.2, 0.25) is 5.95 Å². The third-order valence-electron chi connectivity index (χ3n) is 4.74. The Kier molecular flexibility index (Phi) is 4.12. The van der Waals surface area contributed by atoms with Crippen LogP contribution in [0.2, 0.25) is 0 Å². The molecule has 0 fully saturated rings. The molecule has 8 heteroatoms. The molecule has 0 unspecified atom stereocenters. The van der Waals surface area contributed by atoms with Crippen molar-refractivity contribution in [2.45, 2.75) is 19.3 Å². The third-order valence-corrected chi connectivity index (χ3v) is 4.74. The second-order valence-corrected chi connectivity index (χ2v) is 7.06. The number of aromatic nitrogens is 4. The Balaban J connectivity index is 1.59. The van der Waals surface area contributed by atoms with Crippen LogP contribution in [0.5, 0.6) is 0 Å². The number of hydrogen-bond donors (Lipinski definition) is 2. The molecule has 0 atom stereocenters. The van der Waals surface area contributed by atoms with E-state index in [1.165, 1.54) is 0 Å². The number of anilines is 1. The van der Waals surface area contributed by atoms with Gasteiger partial charge in [-0.2, -0.15) is 4.98 Å². The number of benzene rings is 1. The Bertz CT molecular complexity index is 974. The highest BCUT2D eigenvalue weighted by atomic mass is 16.5. The molecule has 138 valence electrons. The summed E-state index contributed by atoms with van der Waals surface area (Å²) >= 11 is 0. The highest BCUT2D eigenvalue weighted by Crippen LogP contribution is 2.32. The average Bonchev–Trinajstić information content (AvgIpc) is 3.32. The van der Waals surface area contributed by atoms with E-state index < -0.39 is 5.41 Å². The van der Waals surface area contributed by atoms with Crippen LogP contribution >= 0.6 is 0 Å². The van der Waals surface area contributed by atoms with Crippen molar-refractivity contribution >= 4 is 11.5 Å². The molecule has 0 saturated heterocycles. The molecule has 0 saturated carbocycles. The van der Waals surface area contributed by atoms with Crippen molar-refractivity contribution < 1.29 is 4.52 Å². The second kappa shape index (κ2) is 6.48. The third kappa shape index (κ3) is 3.26. The van der Waals surface area contributed by atoms with Crippen LogP contribution in [0, 0.1) is 0 Å². The van der Waals surface area contributed by atoms with Crippen molar-refractivity contribution in [2.75, 3.05) is 19.3 Å². The van der Waals surface area contributed by atoms with E-state index in [2.05, 4.69) is 51.5 Å². The van der Waals surface area contributed by atoms with E-state index in [4.69, 9.17) is 10.3 Å². The highest BCUT2D eigenvalue weighted by Gasteiger charge is 2.30. The fraction of sp³-hybridized carbons (Fsp3) is 0.263. The summed E-state index contributed by atoms with van der Waals surface area (Å²) in [5.74, 6) is 1.46. The Labute approximate surface area is 157 Å². The van der Waals surface area contributed by atoms with Crippen LogP contribution < -0.4 is 11.2 Å². The molecule has 0 spiro atoms. The topological polar surface area (TPSA) is 106 Å². The van der Waals surface area contributed by atoms with Crippen molar-refractivity contribution in [2.24, 2.45) is 0 Å². The predicted octanol–water partition coefficient (Wildman–Crippen LogP) is 2.23. The van der Waals surface area contributed by atoms with Gasteiger partial charge >= 0.3 is 0 Å². The summed E-state index contributed by atoms with van der Waals surface area (Å²) in [6.07, 6.45) is 5.39. The number of nitrogens with two attached hydrogens (primary N) is 1. The van der Waals surface area contributed by atoms with Crippen molar-refractivity contribution in [3.8, 4) is 11.1 Å². The molecule has 0 aliphatic carbocycles. The van der Waals surface area contributed by atoms with E-state index in [0.717, 1.165) is 22.3 Å². The fourth-order valence-corrected chi connectivity index (χ4v) is 2.97. The molecular weight excluding hydrogens is 342 g/mol. The van der Waals surface area contributed by atoms with Gasteiger partial charge in [0.25, 0.3) is 5.89 Å². The quantitative estimate of drug-likeness (QED) is 0.727. The molecule has 4 rings (SSSR count). The Morgan fingerprint density at radius 1 is 1.11 bits per heavy atom. The minimum atomic E-state index is -0.392. The smallest absolute Gasteiger partial charge is 0.256 e. The maximum Gasteiger partial charge on any atom is 0.256 e. The molecule has 3 aromatic rings. The van der Waals surface area contributed by atoms with Crippen LogP contribution in [0.4, 0.5) is 5.95 Å². The van der Waals surface area contributed by atoms with Crippen molar-refractivity contribution in [3.63, 3.8) is 0 Å². The largest absolute Gasteiger partial charge is 0.368 e. The minimum Gasteiger partial charge on any atom is -0.368 e. The highest BCUT2D eigenvalue weighted by molar-refractivity contribution is 5.63. The van der Waals surface area contributed by atoms with Crippen molar-refractivity contribution in [1.82, 2.24) is 30.5 Å². The molecule has 0 amide bonds. The number of hydrogen-bond acceptors (Lipinski definition) is 8. The lowest BCUT2D eigenvalue weighted by molar-refractivity contribution is 0.373. The summed E-state index contributed by atoms with van der Waals surface area (Å²) in [4.78, 5) is 12.7. The van der Waals surface area contributed by atoms with Gasteiger partial charge < -0.3 is 15.3 Å². The maximum atomic E-state index is 5.55. The molecule has 3 heterocycles. The summed E-state index contributed by atoms with van der Waals surface area (Å²) < 4.78 is 5.48. The zero-order chi connectivity index (χ0) is 19.0. The molecular formula is C19H21N7O. The number of nitrogens with one attached hydrogen (secondary N) is 1. The summed E-state index contributed by atoms with van der Waals surface area (Å²) in [5, 5.41) is 6.10. The van der Waals surface area contributed by atoms with Gasteiger partial charge in [0.15, 0.2) is 5.82 Å². The second-order valence-electron chi connectivity index (χ2n) is 7.06.